The minimum Gasteiger partial charge on any atom is -0.353 e. The fourth-order valence-electron chi connectivity index (χ4n) is 5.30. The van der Waals surface area contributed by atoms with Crippen LogP contribution in [0, 0.1) is 5.92 Å². The molecule has 2 bridgehead atoms. The van der Waals surface area contributed by atoms with Crippen LogP contribution in [0.4, 0.5) is 5.95 Å². The van der Waals surface area contributed by atoms with Crippen molar-refractivity contribution in [3.05, 3.63) is 18.0 Å². The Bertz CT molecular complexity index is 682. The van der Waals surface area contributed by atoms with E-state index in [2.05, 4.69) is 41.4 Å². The Kier molecular flexibility index (Phi) is 6.09. The highest BCUT2D eigenvalue weighted by Gasteiger charge is 2.41. The van der Waals surface area contributed by atoms with Gasteiger partial charge in [-0.2, -0.15) is 0 Å². The smallest absolute Gasteiger partial charge is 0.225 e. The lowest BCUT2D eigenvalue weighted by molar-refractivity contribution is -0.124. The molecule has 6 nitrogen and oxygen atoms in total. The normalized spacial score (nSPS) is 30.2. The molecule has 1 saturated carbocycles. The molecule has 2 aliphatic heterocycles. The highest BCUT2D eigenvalue weighted by molar-refractivity contribution is 5.78. The molecule has 2 unspecified atom stereocenters. The third-order valence-electron chi connectivity index (χ3n) is 7.20. The van der Waals surface area contributed by atoms with E-state index in [1.165, 1.54) is 18.4 Å². The molecule has 1 amide bonds. The fourth-order valence-corrected chi connectivity index (χ4v) is 5.30. The zero-order valence-corrected chi connectivity index (χ0v) is 18.5. The van der Waals surface area contributed by atoms with E-state index in [0.717, 1.165) is 44.7 Å². The molecule has 3 heterocycles. The molecule has 0 radical (unpaired) electrons. The Morgan fingerprint density at radius 1 is 0.966 bits per heavy atom. The summed E-state index contributed by atoms with van der Waals surface area (Å²) in [5.74, 6) is 1.67. The number of amides is 1. The summed E-state index contributed by atoms with van der Waals surface area (Å²) in [5.41, 5.74) is 1.26. The molecule has 29 heavy (non-hydrogen) atoms. The molecule has 1 aliphatic carbocycles. The first-order chi connectivity index (χ1) is 13.9. The van der Waals surface area contributed by atoms with Gasteiger partial charge in [-0.1, -0.05) is 13.8 Å². The van der Waals surface area contributed by atoms with E-state index in [-0.39, 0.29) is 11.8 Å². The first kappa shape index (κ1) is 20.6. The number of fused-ring (bicyclic) bond motifs is 2. The molecular weight excluding hydrogens is 362 g/mol. The lowest BCUT2D eigenvalue weighted by Gasteiger charge is -2.42. The van der Waals surface area contributed by atoms with Crippen LogP contribution in [0.5, 0.6) is 0 Å². The van der Waals surface area contributed by atoms with Crippen LogP contribution < -0.4 is 10.2 Å². The third-order valence-corrected chi connectivity index (χ3v) is 7.20. The zero-order valence-electron chi connectivity index (χ0n) is 18.5. The molecule has 6 heteroatoms. The number of likely N-dealkylation sites (tertiary alicyclic amines) is 1. The van der Waals surface area contributed by atoms with E-state index < -0.39 is 0 Å². The zero-order chi connectivity index (χ0) is 20.5. The highest BCUT2D eigenvalue weighted by Crippen LogP contribution is 2.35. The lowest BCUT2D eigenvalue weighted by Crippen LogP contribution is -2.56. The number of nitrogens with one attached hydrogen (secondary N) is 1. The molecule has 3 fully saturated rings. The minimum atomic E-state index is 0.0614. The number of nitrogens with zero attached hydrogens (tertiary/aromatic N) is 4. The van der Waals surface area contributed by atoms with Crippen LogP contribution in [0.25, 0.3) is 0 Å². The first-order valence-electron chi connectivity index (χ1n) is 11.6. The monoisotopic (exact) mass is 399 g/mol. The van der Waals surface area contributed by atoms with Gasteiger partial charge >= 0.3 is 0 Å². The number of hydrogen-bond donors (Lipinski definition) is 1. The molecule has 3 aliphatic rings. The number of aromatic nitrogens is 2. The Balaban J connectivity index is 1.34. The van der Waals surface area contributed by atoms with Crippen molar-refractivity contribution in [2.45, 2.75) is 96.3 Å². The predicted octanol–water partition coefficient (Wildman–Crippen LogP) is 3.34. The number of hydrogen-bond acceptors (Lipinski definition) is 5. The van der Waals surface area contributed by atoms with Crippen molar-refractivity contribution < 1.29 is 4.79 Å². The molecule has 160 valence electrons. The maximum atomic E-state index is 11.9. The second kappa shape index (κ2) is 8.58. The lowest BCUT2D eigenvalue weighted by atomic mass is 9.82. The van der Waals surface area contributed by atoms with Crippen LogP contribution in [0.3, 0.4) is 0 Å². The van der Waals surface area contributed by atoms with Crippen molar-refractivity contribution in [1.82, 2.24) is 20.2 Å². The van der Waals surface area contributed by atoms with E-state index in [4.69, 9.17) is 9.97 Å². The Morgan fingerprint density at radius 2 is 1.55 bits per heavy atom. The van der Waals surface area contributed by atoms with Crippen LogP contribution in [-0.4, -0.2) is 58.0 Å². The van der Waals surface area contributed by atoms with Crippen molar-refractivity contribution in [3.8, 4) is 0 Å². The van der Waals surface area contributed by atoms with Gasteiger partial charge < -0.3 is 10.2 Å². The van der Waals surface area contributed by atoms with Crippen LogP contribution >= 0.6 is 0 Å². The minimum absolute atomic E-state index is 0.0614. The topological polar surface area (TPSA) is 61.4 Å². The largest absolute Gasteiger partial charge is 0.353 e. The SMILES string of the molecule is CC(C)C(=O)NC1CCC(c2cnc(N3C4CCC3CN(C(C)C)C4)nc2)CC1. The van der Waals surface area contributed by atoms with Gasteiger partial charge in [-0.05, 0) is 63.9 Å². The summed E-state index contributed by atoms with van der Waals surface area (Å²) in [6, 6.07) is 2.06. The maximum absolute atomic E-state index is 11.9. The first-order valence-corrected chi connectivity index (χ1v) is 11.6. The maximum Gasteiger partial charge on any atom is 0.225 e. The van der Waals surface area contributed by atoms with Gasteiger partial charge in [-0.15, -0.1) is 0 Å². The summed E-state index contributed by atoms with van der Waals surface area (Å²) in [5, 5.41) is 3.19. The molecule has 4 rings (SSSR count). The van der Waals surface area contributed by atoms with E-state index in [9.17, 15) is 4.79 Å². The number of carbonyl (C=O) groups is 1. The van der Waals surface area contributed by atoms with E-state index >= 15 is 0 Å². The van der Waals surface area contributed by atoms with Crippen LogP contribution in [0.15, 0.2) is 12.4 Å². The van der Waals surface area contributed by atoms with Gasteiger partial charge in [0.25, 0.3) is 0 Å². The molecule has 0 aromatic carbocycles. The van der Waals surface area contributed by atoms with Gasteiger partial charge in [-0.3, -0.25) is 9.69 Å². The molecule has 0 spiro atoms. The Labute approximate surface area is 175 Å². The average molecular weight is 400 g/mol. The van der Waals surface area contributed by atoms with Crippen molar-refractivity contribution in [1.29, 1.82) is 0 Å². The fraction of sp³-hybridized carbons (Fsp3) is 0.783. The standard InChI is InChI=1S/C23H37N5O/c1-15(2)22(29)26-19-7-5-17(6-8-19)18-11-24-23(25-12-18)28-20-9-10-21(28)14-27(13-20)16(3)4/h11-12,15-17,19-21H,5-10,13-14H2,1-4H3,(H,26,29). The molecular formula is C23H37N5O. The van der Waals surface area contributed by atoms with Gasteiger partial charge in [0.05, 0.1) is 0 Å². The molecule has 1 N–H and O–H groups in total. The summed E-state index contributed by atoms with van der Waals surface area (Å²) < 4.78 is 0. The van der Waals surface area contributed by atoms with E-state index in [1.54, 1.807) is 0 Å². The van der Waals surface area contributed by atoms with Crippen molar-refractivity contribution >= 4 is 11.9 Å². The van der Waals surface area contributed by atoms with Crippen LogP contribution in [0.2, 0.25) is 0 Å². The van der Waals surface area contributed by atoms with Crippen molar-refractivity contribution in [2.75, 3.05) is 18.0 Å². The molecule has 2 saturated heterocycles. The van der Waals surface area contributed by atoms with E-state index in [0.29, 0.717) is 30.1 Å². The Hall–Kier alpha value is -1.69. The molecule has 2 atom stereocenters. The van der Waals surface area contributed by atoms with Crippen LogP contribution in [-0.2, 0) is 4.79 Å². The van der Waals surface area contributed by atoms with Gasteiger partial charge in [0, 0.05) is 55.6 Å². The number of anilines is 1. The van der Waals surface area contributed by atoms with Gasteiger partial charge in [0.1, 0.15) is 0 Å². The van der Waals surface area contributed by atoms with Crippen molar-refractivity contribution in [2.24, 2.45) is 5.92 Å². The van der Waals surface area contributed by atoms with Crippen LogP contribution in [0.1, 0.15) is 77.7 Å². The molecule has 1 aromatic heterocycles. The second-order valence-electron chi connectivity index (χ2n) is 9.87. The van der Waals surface area contributed by atoms with Gasteiger partial charge in [0.2, 0.25) is 11.9 Å². The summed E-state index contributed by atoms with van der Waals surface area (Å²) in [7, 11) is 0. The number of piperazine rings is 1. The quantitative estimate of drug-likeness (QED) is 0.823. The summed E-state index contributed by atoms with van der Waals surface area (Å²) in [6.07, 6.45) is 10.9. The number of rotatable bonds is 5. The third kappa shape index (κ3) is 4.42. The van der Waals surface area contributed by atoms with Gasteiger partial charge in [-0.25, -0.2) is 9.97 Å². The van der Waals surface area contributed by atoms with E-state index in [1.807, 2.05) is 13.8 Å². The second-order valence-corrected chi connectivity index (χ2v) is 9.87. The van der Waals surface area contributed by atoms with Gasteiger partial charge in [0.15, 0.2) is 0 Å². The Morgan fingerprint density at radius 3 is 2.07 bits per heavy atom. The predicted molar refractivity (Wildman–Crippen MR) is 116 cm³/mol. The summed E-state index contributed by atoms with van der Waals surface area (Å²) >= 11 is 0. The number of carbonyl (C=O) groups excluding carboxylic acids is 1. The summed E-state index contributed by atoms with van der Waals surface area (Å²) in [4.78, 5) is 26.6. The summed E-state index contributed by atoms with van der Waals surface area (Å²) in [6.45, 7) is 10.8. The average Bonchev–Trinajstić information content (AvgIpc) is 2.97. The van der Waals surface area contributed by atoms with Crippen molar-refractivity contribution in [3.63, 3.8) is 0 Å². The highest BCUT2D eigenvalue weighted by atomic mass is 16.1. The molecule has 1 aromatic rings.